The summed E-state index contributed by atoms with van der Waals surface area (Å²) in [6.07, 6.45) is 2.28. The summed E-state index contributed by atoms with van der Waals surface area (Å²) in [7, 11) is 0. The maximum absolute atomic E-state index is 13.9. The molecule has 0 heterocycles. The zero-order valence-electron chi connectivity index (χ0n) is 10.9. The first-order valence-corrected chi connectivity index (χ1v) is 6.50. The van der Waals surface area contributed by atoms with Gasteiger partial charge in [-0.2, -0.15) is 0 Å². The van der Waals surface area contributed by atoms with E-state index in [0.29, 0.717) is 21.9 Å². The van der Waals surface area contributed by atoms with Crippen LogP contribution in [-0.2, 0) is 11.4 Å². The molecule has 3 nitrogen and oxygen atoms in total. The van der Waals surface area contributed by atoms with E-state index < -0.39 is 11.8 Å². The maximum atomic E-state index is 13.9. The van der Waals surface area contributed by atoms with Gasteiger partial charge in [-0.1, -0.05) is 29.8 Å². The number of carboxylic acids is 1. The number of benzene rings is 2. The number of aliphatic carboxylic acids is 1. The van der Waals surface area contributed by atoms with E-state index in [1.165, 1.54) is 12.1 Å². The molecule has 108 valence electrons. The van der Waals surface area contributed by atoms with E-state index in [4.69, 9.17) is 21.4 Å². The molecule has 0 amide bonds. The summed E-state index contributed by atoms with van der Waals surface area (Å²) in [5.74, 6) is -0.981. The van der Waals surface area contributed by atoms with Crippen LogP contribution in [0.3, 0.4) is 0 Å². The Hall–Kier alpha value is -2.33. The molecule has 21 heavy (non-hydrogen) atoms. The normalized spacial score (nSPS) is 10.8. The Morgan fingerprint density at radius 1 is 1.29 bits per heavy atom. The second-order valence-corrected chi connectivity index (χ2v) is 4.70. The van der Waals surface area contributed by atoms with Gasteiger partial charge in [0.1, 0.15) is 18.2 Å². The highest BCUT2D eigenvalue weighted by molar-refractivity contribution is 6.30. The summed E-state index contributed by atoms with van der Waals surface area (Å²) < 4.78 is 19.3. The van der Waals surface area contributed by atoms with E-state index in [1.807, 2.05) is 0 Å². The molecular weight excluding hydrogens is 295 g/mol. The molecule has 0 atom stereocenters. The van der Waals surface area contributed by atoms with Crippen LogP contribution in [0.15, 0.2) is 48.5 Å². The molecule has 0 radical (unpaired) electrons. The molecule has 0 aliphatic rings. The molecule has 2 aromatic carbocycles. The fourth-order valence-corrected chi connectivity index (χ4v) is 1.85. The Kier molecular flexibility index (Phi) is 4.95. The van der Waals surface area contributed by atoms with Gasteiger partial charge in [-0.05, 0) is 35.9 Å². The third-order valence-corrected chi connectivity index (χ3v) is 2.92. The molecule has 0 fully saturated rings. The van der Waals surface area contributed by atoms with Gasteiger partial charge in [-0.15, -0.1) is 0 Å². The van der Waals surface area contributed by atoms with E-state index in [2.05, 4.69) is 0 Å². The summed E-state index contributed by atoms with van der Waals surface area (Å²) in [5.41, 5.74) is 0.851. The van der Waals surface area contributed by atoms with Crippen molar-refractivity contribution in [3.8, 4) is 5.75 Å². The van der Waals surface area contributed by atoms with Gasteiger partial charge < -0.3 is 9.84 Å². The minimum absolute atomic E-state index is 0.0646. The Morgan fingerprint density at radius 3 is 2.76 bits per heavy atom. The predicted molar refractivity (Wildman–Crippen MR) is 78.9 cm³/mol. The van der Waals surface area contributed by atoms with Gasteiger partial charge in [0, 0.05) is 16.7 Å². The van der Waals surface area contributed by atoms with Crippen LogP contribution in [0.2, 0.25) is 5.02 Å². The molecule has 0 saturated heterocycles. The number of halogens is 2. The molecule has 1 N–H and O–H groups in total. The van der Waals surface area contributed by atoms with E-state index >= 15 is 0 Å². The van der Waals surface area contributed by atoms with E-state index in [9.17, 15) is 9.18 Å². The number of carbonyl (C=O) groups is 1. The molecule has 0 bridgehead atoms. The molecule has 0 spiro atoms. The lowest BCUT2D eigenvalue weighted by Gasteiger charge is -2.08. The van der Waals surface area contributed by atoms with Gasteiger partial charge >= 0.3 is 5.97 Å². The smallest absolute Gasteiger partial charge is 0.328 e. The first-order chi connectivity index (χ1) is 10.0. The number of rotatable bonds is 5. The van der Waals surface area contributed by atoms with Crippen LogP contribution in [0.4, 0.5) is 4.39 Å². The summed E-state index contributed by atoms with van der Waals surface area (Å²) in [6.45, 7) is 0.0646. The molecule has 2 aromatic rings. The Labute approximate surface area is 126 Å². The number of carboxylic acid groups (broad SMARTS) is 1. The fourth-order valence-electron chi connectivity index (χ4n) is 1.67. The second kappa shape index (κ2) is 6.90. The number of hydrogen-bond donors (Lipinski definition) is 1. The van der Waals surface area contributed by atoms with Crippen molar-refractivity contribution in [2.24, 2.45) is 0 Å². The van der Waals surface area contributed by atoms with Crippen LogP contribution < -0.4 is 4.74 Å². The quantitative estimate of drug-likeness (QED) is 0.844. The van der Waals surface area contributed by atoms with Crippen molar-refractivity contribution in [2.45, 2.75) is 6.61 Å². The monoisotopic (exact) mass is 306 g/mol. The van der Waals surface area contributed by atoms with E-state index in [-0.39, 0.29) is 6.61 Å². The molecule has 0 aromatic heterocycles. The highest BCUT2D eigenvalue weighted by Crippen LogP contribution is 2.19. The van der Waals surface area contributed by atoms with Gasteiger partial charge in [0.15, 0.2) is 0 Å². The van der Waals surface area contributed by atoms with Gasteiger partial charge in [-0.3, -0.25) is 0 Å². The van der Waals surface area contributed by atoms with Crippen molar-refractivity contribution in [3.63, 3.8) is 0 Å². The molecule has 0 saturated carbocycles. The topological polar surface area (TPSA) is 46.5 Å². The number of ether oxygens (including phenoxy) is 1. The Balaban J connectivity index is 2.06. The minimum Gasteiger partial charge on any atom is -0.489 e. The van der Waals surface area contributed by atoms with Crippen LogP contribution in [0, 0.1) is 5.82 Å². The van der Waals surface area contributed by atoms with Crippen LogP contribution in [0.25, 0.3) is 6.08 Å². The molecular formula is C16H12ClFO3. The first kappa shape index (κ1) is 15.1. The zero-order valence-corrected chi connectivity index (χ0v) is 11.7. The summed E-state index contributed by atoms with van der Waals surface area (Å²) in [4.78, 5) is 10.4. The Morgan fingerprint density at radius 2 is 2.10 bits per heavy atom. The summed E-state index contributed by atoms with van der Waals surface area (Å²) >= 11 is 5.83. The Bertz CT molecular complexity index is 683. The van der Waals surface area contributed by atoms with Crippen molar-refractivity contribution >= 4 is 23.6 Å². The van der Waals surface area contributed by atoms with Crippen molar-refractivity contribution < 1.29 is 19.0 Å². The zero-order chi connectivity index (χ0) is 15.2. The van der Waals surface area contributed by atoms with Gasteiger partial charge in [-0.25, -0.2) is 9.18 Å². The van der Waals surface area contributed by atoms with Crippen molar-refractivity contribution in [1.29, 1.82) is 0 Å². The van der Waals surface area contributed by atoms with Gasteiger partial charge in [0.05, 0.1) is 0 Å². The lowest BCUT2D eigenvalue weighted by Crippen LogP contribution is -1.99. The third-order valence-electron chi connectivity index (χ3n) is 2.69. The van der Waals surface area contributed by atoms with Crippen molar-refractivity contribution in [1.82, 2.24) is 0 Å². The average Bonchev–Trinajstić information content (AvgIpc) is 2.44. The lowest BCUT2D eigenvalue weighted by molar-refractivity contribution is -0.131. The van der Waals surface area contributed by atoms with E-state index in [0.717, 1.165) is 6.08 Å². The van der Waals surface area contributed by atoms with Crippen molar-refractivity contribution in [2.75, 3.05) is 0 Å². The van der Waals surface area contributed by atoms with Gasteiger partial charge in [0.25, 0.3) is 0 Å². The summed E-state index contributed by atoms with van der Waals surface area (Å²) in [6, 6.07) is 11.3. The molecule has 0 aliphatic carbocycles. The molecule has 5 heteroatoms. The maximum Gasteiger partial charge on any atom is 0.328 e. The van der Waals surface area contributed by atoms with Crippen LogP contribution in [0.5, 0.6) is 5.75 Å². The van der Waals surface area contributed by atoms with Gasteiger partial charge in [0.2, 0.25) is 0 Å². The van der Waals surface area contributed by atoms with Crippen LogP contribution in [0.1, 0.15) is 11.1 Å². The second-order valence-electron chi connectivity index (χ2n) is 4.27. The van der Waals surface area contributed by atoms with Crippen molar-refractivity contribution in [3.05, 3.63) is 70.5 Å². The third kappa shape index (κ3) is 4.61. The standard InChI is InChI=1S/C16H12ClFO3/c17-13-2-1-3-14(9-13)21-10-12-6-4-11(8-15(12)18)5-7-16(19)20/h1-9H,10H2,(H,19,20). The SMILES string of the molecule is O=C(O)C=Cc1ccc(COc2cccc(Cl)c2)c(F)c1. The summed E-state index contributed by atoms with van der Waals surface area (Å²) in [5, 5.41) is 9.06. The number of hydrogen-bond acceptors (Lipinski definition) is 2. The minimum atomic E-state index is -1.08. The average molecular weight is 307 g/mol. The fraction of sp³-hybridized carbons (Fsp3) is 0.0625. The molecule has 2 rings (SSSR count). The molecule has 0 aliphatic heterocycles. The lowest BCUT2D eigenvalue weighted by atomic mass is 10.1. The predicted octanol–water partition coefficient (Wildman–Crippen LogP) is 4.16. The highest BCUT2D eigenvalue weighted by atomic mass is 35.5. The highest BCUT2D eigenvalue weighted by Gasteiger charge is 2.04. The van der Waals surface area contributed by atoms with Crippen LogP contribution >= 0.6 is 11.6 Å². The largest absolute Gasteiger partial charge is 0.489 e. The van der Waals surface area contributed by atoms with E-state index in [1.54, 1.807) is 36.4 Å². The first-order valence-electron chi connectivity index (χ1n) is 6.12. The molecule has 0 unspecified atom stereocenters. The van der Waals surface area contributed by atoms with Crippen LogP contribution in [-0.4, -0.2) is 11.1 Å².